The average Bonchev–Trinajstić information content (AvgIpc) is 2.94. The highest BCUT2D eigenvalue weighted by Gasteiger charge is 2.29. The molecule has 0 unspecified atom stereocenters. The van der Waals surface area contributed by atoms with Crippen molar-refractivity contribution in [2.45, 2.75) is 17.0 Å². The SMILES string of the molecule is Cc1ccc(NC(=O)CSc2nc3ccccc3c(=O)n2-c2ccc(F)cc2)c(S(=O)(=O)N2CCOCC2)c1. The number of carbonyl (C=O) groups is 1. The third-order valence-electron chi connectivity index (χ3n) is 6.16. The van der Waals surface area contributed by atoms with Crippen LogP contribution in [0.2, 0.25) is 0 Å². The first kappa shape index (κ1) is 27.0. The first-order valence-electron chi connectivity index (χ1n) is 12.1. The number of amides is 1. The largest absolute Gasteiger partial charge is 0.379 e. The number of thioether (sulfide) groups is 1. The summed E-state index contributed by atoms with van der Waals surface area (Å²) in [5.41, 5.74) is 1.41. The molecule has 3 aromatic carbocycles. The molecule has 202 valence electrons. The molecular formula is C27H25FN4O5S2. The van der Waals surface area contributed by atoms with E-state index in [1.54, 1.807) is 43.3 Å². The lowest BCUT2D eigenvalue weighted by molar-refractivity contribution is -0.113. The number of morpholine rings is 1. The summed E-state index contributed by atoms with van der Waals surface area (Å²) in [4.78, 5) is 31.0. The quantitative estimate of drug-likeness (QED) is 0.268. The van der Waals surface area contributed by atoms with Gasteiger partial charge in [0.25, 0.3) is 5.56 Å². The fraction of sp³-hybridized carbons (Fsp3) is 0.222. The van der Waals surface area contributed by atoms with Crippen LogP contribution in [0.25, 0.3) is 16.6 Å². The molecule has 1 N–H and O–H groups in total. The molecule has 0 aliphatic carbocycles. The standard InChI is InChI=1S/C27H25FN4O5S2/c1-18-6-11-23(24(16-18)39(35,36)31-12-14-37-15-13-31)29-25(33)17-38-27-30-22-5-3-2-4-21(22)26(34)32(27)20-9-7-19(28)8-10-20/h2-11,16H,12-15,17H2,1H3,(H,29,33). The Morgan fingerprint density at radius 1 is 1.08 bits per heavy atom. The number of carbonyl (C=O) groups excluding carboxylic acids is 1. The van der Waals surface area contributed by atoms with Crippen LogP contribution >= 0.6 is 11.8 Å². The van der Waals surface area contributed by atoms with Gasteiger partial charge < -0.3 is 10.1 Å². The smallest absolute Gasteiger partial charge is 0.266 e. The lowest BCUT2D eigenvalue weighted by Crippen LogP contribution is -2.41. The Labute approximate surface area is 228 Å². The molecule has 2 heterocycles. The van der Waals surface area contributed by atoms with Crippen LogP contribution in [0.3, 0.4) is 0 Å². The first-order chi connectivity index (χ1) is 18.7. The van der Waals surface area contributed by atoms with Gasteiger partial charge in [-0.15, -0.1) is 0 Å². The minimum atomic E-state index is -3.86. The van der Waals surface area contributed by atoms with Gasteiger partial charge in [-0.2, -0.15) is 4.31 Å². The number of ether oxygens (including phenoxy) is 1. The number of sulfonamides is 1. The van der Waals surface area contributed by atoms with Crippen LogP contribution in [0.4, 0.5) is 10.1 Å². The summed E-state index contributed by atoms with van der Waals surface area (Å²) < 4.78 is 48.2. The second-order valence-electron chi connectivity index (χ2n) is 8.88. The molecule has 1 fully saturated rings. The third kappa shape index (κ3) is 5.74. The number of nitrogens with one attached hydrogen (secondary N) is 1. The van der Waals surface area contributed by atoms with E-state index in [1.807, 2.05) is 0 Å². The molecule has 1 amide bonds. The van der Waals surface area contributed by atoms with Crippen molar-refractivity contribution in [3.63, 3.8) is 0 Å². The summed E-state index contributed by atoms with van der Waals surface area (Å²) in [6, 6.07) is 17.1. The number of para-hydroxylation sites is 1. The van der Waals surface area contributed by atoms with Crippen molar-refractivity contribution in [3.05, 3.63) is 88.5 Å². The molecule has 1 aliphatic heterocycles. The number of fused-ring (bicyclic) bond motifs is 1. The Kier molecular flexibility index (Phi) is 7.80. The number of hydrogen-bond donors (Lipinski definition) is 1. The van der Waals surface area contributed by atoms with Gasteiger partial charge in [-0.3, -0.25) is 14.2 Å². The van der Waals surface area contributed by atoms with Gasteiger partial charge in [0.1, 0.15) is 10.7 Å². The van der Waals surface area contributed by atoms with Crippen LogP contribution in [-0.4, -0.2) is 60.2 Å². The maximum Gasteiger partial charge on any atom is 0.266 e. The van der Waals surface area contributed by atoms with Crippen LogP contribution in [-0.2, 0) is 19.6 Å². The molecule has 4 aromatic rings. The maximum absolute atomic E-state index is 13.6. The van der Waals surface area contributed by atoms with Gasteiger partial charge in [0.05, 0.1) is 41.2 Å². The van der Waals surface area contributed by atoms with Crippen LogP contribution in [0.1, 0.15) is 5.56 Å². The molecule has 1 aromatic heterocycles. The van der Waals surface area contributed by atoms with Gasteiger partial charge in [-0.05, 0) is 61.0 Å². The van der Waals surface area contributed by atoms with Crippen molar-refractivity contribution in [2.75, 3.05) is 37.4 Å². The third-order valence-corrected chi connectivity index (χ3v) is 9.04. The number of anilines is 1. The fourth-order valence-corrected chi connectivity index (χ4v) is 6.67. The van der Waals surface area contributed by atoms with E-state index in [-0.39, 0.29) is 40.1 Å². The fourth-order valence-electron chi connectivity index (χ4n) is 4.22. The highest BCUT2D eigenvalue weighted by Crippen LogP contribution is 2.28. The Balaban J connectivity index is 1.43. The molecular weight excluding hydrogens is 543 g/mol. The van der Waals surface area contributed by atoms with Crippen LogP contribution in [0, 0.1) is 12.7 Å². The zero-order chi connectivity index (χ0) is 27.6. The Bertz CT molecular complexity index is 1700. The Morgan fingerprint density at radius 2 is 1.79 bits per heavy atom. The van der Waals surface area contributed by atoms with Crippen molar-refractivity contribution >= 4 is 44.3 Å². The number of benzene rings is 3. The monoisotopic (exact) mass is 568 g/mol. The van der Waals surface area contributed by atoms with E-state index < -0.39 is 21.7 Å². The minimum absolute atomic E-state index is 0.00907. The van der Waals surface area contributed by atoms with Crippen molar-refractivity contribution in [3.8, 4) is 5.69 Å². The number of rotatable bonds is 7. The molecule has 0 bridgehead atoms. The summed E-state index contributed by atoms with van der Waals surface area (Å²) >= 11 is 1.02. The highest BCUT2D eigenvalue weighted by molar-refractivity contribution is 7.99. The lowest BCUT2D eigenvalue weighted by atomic mass is 10.2. The molecule has 1 saturated heterocycles. The molecule has 39 heavy (non-hydrogen) atoms. The van der Waals surface area contributed by atoms with Gasteiger partial charge in [0.2, 0.25) is 15.9 Å². The van der Waals surface area contributed by atoms with Gasteiger partial charge in [-0.1, -0.05) is 30.0 Å². The summed E-state index contributed by atoms with van der Waals surface area (Å²) in [7, 11) is -3.86. The number of aromatic nitrogens is 2. The summed E-state index contributed by atoms with van der Waals surface area (Å²) in [6.45, 7) is 2.85. The normalized spacial score (nSPS) is 14.4. The van der Waals surface area contributed by atoms with Gasteiger partial charge in [-0.25, -0.2) is 17.8 Å². The molecule has 12 heteroatoms. The predicted octanol–water partition coefficient (Wildman–Crippen LogP) is 3.58. The van der Waals surface area contributed by atoms with Crippen LogP contribution < -0.4 is 10.9 Å². The molecule has 1 aliphatic rings. The van der Waals surface area contributed by atoms with Crippen molar-refractivity contribution < 1.29 is 22.3 Å². The van der Waals surface area contributed by atoms with Crippen molar-refractivity contribution in [1.82, 2.24) is 13.9 Å². The van der Waals surface area contributed by atoms with E-state index >= 15 is 0 Å². The van der Waals surface area contributed by atoms with Crippen LogP contribution in [0.15, 0.2) is 81.6 Å². The predicted molar refractivity (Wildman–Crippen MR) is 147 cm³/mol. The van der Waals surface area contributed by atoms with Crippen molar-refractivity contribution in [2.24, 2.45) is 0 Å². The zero-order valence-electron chi connectivity index (χ0n) is 21.0. The molecule has 9 nitrogen and oxygen atoms in total. The average molecular weight is 569 g/mol. The Hall–Kier alpha value is -3.58. The molecule has 0 spiro atoms. The van der Waals surface area contributed by atoms with E-state index in [0.29, 0.717) is 29.8 Å². The van der Waals surface area contributed by atoms with Gasteiger partial charge >= 0.3 is 0 Å². The number of aryl methyl sites for hydroxylation is 1. The topological polar surface area (TPSA) is 111 Å². The second kappa shape index (κ2) is 11.3. The highest BCUT2D eigenvalue weighted by atomic mass is 32.2. The van der Waals surface area contributed by atoms with E-state index in [4.69, 9.17) is 4.74 Å². The van der Waals surface area contributed by atoms with Crippen LogP contribution in [0.5, 0.6) is 0 Å². The zero-order valence-corrected chi connectivity index (χ0v) is 22.6. The molecule has 5 rings (SSSR count). The Morgan fingerprint density at radius 3 is 2.54 bits per heavy atom. The molecule has 0 atom stereocenters. The summed E-state index contributed by atoms with van der Waals surface area (Å²) in [6.07, 6.45) is 0. The second-order valence-corrected chi connectivity index (χ2v) is 11.7. The number of halogens is 1. The van der Waals surface area contributed by atoms with Gasteiger partial charge in [0.15, 0.2) is 5.16 Å². The summed E-state index contributed by atoms with van der Waals surface area (Å²) in [5, 5.41) is 3.33. The van der Waals surface area contributed by atoms with E-state index in [2.05, 4.69) is 10.3 Å². The van der Waals surface area contributed by atoms with Crippen molar-refractivity contribution in [1.29, 1.82) is 0 Å². The van der Waals surface area contributed by atoms with E-state index in [1.165, 1.54) is 39.2 Å². The molecule has 0 radical (unpaired) electrons. The lowest BCUT2D eigenvalue weighted by Gasteiger charge is -2.27. The summed E-state index contributed by atoms with van der Waals surface area (Å²) in [5.74, 6) is -1.08. The first-order valence-corrected chi connectivity index (χ1v) is 14.6. The van der Waals surface area contributed by atoms with E-state index in [0.717, 1.165) is 17.3 Å². The number of hydrogen-bond acceptors (Lipinski definition) is 7. The van der Waals surface area contributed by atoms with Gasteiger partial charge in [0, 0.05) is 13.1 Å². The van der Waals surface area contributed by atoms with E-state index in [9.17, 15) is 22.4 Å². The maximum atomic E-state index is 13.6. The molecule has 0 saturated carbocycles. The minimum Gasteiger partial charge on any atom is -0.379 e. The number of nitrogens with zero attached hydrogens (tertiary/aromatic N) is 3.